The summed E-state index contributed by atoms with van der Waals surface area (Å²) in [5, 5.41) is 48.7. The lowest BCUT2D eigenvalue weighted by atomic mass is 9.78. The highest BCUT2D eigenvalue weighted by Crippen LogP contribution is 2.54. The third-order valence-corrected chi connectivity index (χ3v) is 11.7. The van der Waals surface area contributed by atoms with Gasteiger partial charge in [0.2, 0.25) is 0 Å². The Kier molecular flexibility index (Phi) is 16.3. The number of hydrogen-bond acceptors (Lipinski definition) is 13. The zero-order valence-corrected chi connectivity index (χ0v) is 38.3. The van der Waals surface area contributed by atoms with E-state index in [9.17, 15) is 39.6 Å². The molecule has 0 saturated heterocycles. The van der Waals surface area contributed by atoms with E-state index >= 15 is 0 Å². The molecule has 2 aromatic carbocycles. The number of methoxy groups -OCH3 is 1. The number of benzene rings is 2. The zero-order valence-electron chi connectivity index (χ0n) is 38.3. The molecule has 5 bridgehead atoms. The molecule has 5 N–H and O–H groups in total. The normalized spacial score (nSPS) is 28.3. The smallest absolute Gasteiger partial charge is 0.312 e. The first-order valence-electron chi connectivity index (χ1n) is 21.2. The lowest BCUT2D eigenvalue weighted by Gasteiger charge is -2.38. The number of aliphatic hydroxyl groups is 2. The highest BCUT2D eigenvalue weighted by atomic mass is 16.7. The number of nitrogens with zero attached hydrogens (tertiary/aromatic N) is 1. The maximum atomic E-state index is 14.6. The lowest BCUT2D eigenvalue weighted by molar-refractivity contribution is -0.160. The van der Waals surface area contributed by atoms with E-state index in [4.69, 9.17) is 23.7 Å². The topological polar surface area (TPSA) is 211 Å². The van der Waals surface area contributed by atoms with Crippen LogP contribution in [0, 0.1) is 42.4 Å². The van der Waals surface area contributed by atoms with Crippen molar-refractivity contribution >= 4 is 40.0 Å². The van der Waals surface area contributed by atoms with Crippen molar-refractivity contribution in [1.82, 2.24) is 4.90 Å². The standard InChI is InChI=1S/C47H66N2O13/c1-23(2)20-49(21-24(3)4)35(51)22-59-34-19-32-42(55)37-36(34)38-44(30(10)41(37)54)62-47(12,45(38)56)60-18-17-33(58-13)27(7)43(61-31(11)50)29(9)40(53)28(8)39(52)25(5)15-14-16-26(6)46(57)48-32/h14-19,23-25,27-29,33,39-40,43,52-55H,20-22H2,1-13H3,(H,48,57)/b15-14+,18-17+,26-16?. The van der Waals surface area contributed by atoms with E-state index in [1.165, 1.54) is 59.3 Å². The predicted molar refractivity (Wildman–Crippen MR) is 234 cm³/mol. The lowest BCUT2D eigenvalue weighted by Crippen LogP contribution is -2.46. The number of ether oxygens (including phenoxy) is 5. The molecule has 0 spiro atoms. The van der Waals surface area contributed by atoms with E-state index in [2.05, 4.69) is 5.32 Å². The van der Waals surface area contributed by atoms with Crippen molar-refractivity contribution in [3.63, 3.8) is 0 Å². The average Bonchev–Trinajstić information content (AvgIpc) is 3.47. The molecule has 15 heteroatoms. The Morgan fingerprint density at radius 3 is 2.13 bits per heavy atom. The molecule has 3 heterocycles. The summed E-state index contributed by atoms with van der Waals surface area (Å²) in [5.74, 6) is -7.67. The number of amides is 2. The van der Waals surface area contributed by atoms with Crippen LogP contribution in [0.15, 0.2) is 42.2 Å². The highest BCUT2D eigenvalue weighted by molar-refractivity contribution is 6.21. The fraction of sp³-hybridized carbons (Fsp3) is 0.574. The summed E-state index contributed by atoms with van der Waals surface area (Å²) in [7, 11) is 1.44. The number of Topliss-reactive ketones (excluding diaryl/α,β-unsaturated/α-hetero) is 1. The van der Waals surface area contributed by atoms with Crippen LogP contribution in [-0.4, -0.2) is 106 Å². The van der Waals surface area contributed by atoms with Gasteiger partial charge in [0, 0.05) is 80.3 Å². The van der Waals surface area contributed by atoms with Crippen molar-refractivity contribution in [3.05, 3.63) is 53.3 Å². The van der Waals surface area contributed by atoms with E-state index in [0.29, 0.717) is 13.1 Å². The van der Waals surface area contributed by atoms with Gasteiger partial charge in [-0.05, 0) is 31.8 Å². The Morgan fingerprint density at radius 2 is 1.55 bits per heavy atom. The van der Waals surface area contributed by atoms with E-state index < -0.39 is 89.6 Å². The highest BCUT2D eigenvalue weighted by Gasteiger charge is 2.50. The molecule has 0 radical (unpaired) electrons. The van der Waals surface area contributed by atoms with E-state index in [-0.39, 0.29) is 62.4 Å². The molecule has 0 aromatic heterocycles. The number of esters is 1. The third kappa shape index (κ3) is 10.7. The molecular formula is C47H66N2O13. The molecule has 2 aromatic rings. The first-order chi connectivity index (χ1) is 28.9. The molecule has 3 aliphatic rings. The van der Waals surface area contributed by atoms with Crippen molar-refractivity contribution in [3.8, 4) is 23.0 Å². The minimum absolute atomic E-state index is 0.0551. The number of carbonyl (C=O) groups excluding carboxylic acids is 4. The first kappa shape index (κ1) is 49.5. The molecule has 5 rings (SSSR count). The number of nitrogens with one attached hydrogen (secondary N) is 1. The van der Waals surface area contributed by atoms with Gasteiger partial charge in [0.15, 0.2) is 12.4 Å². The number of anilines is 1. The van der Waals surface area contributed by atoms with Crippen LogP contribution in [0.5, 0.6) is 23.0 Å². The number of phenolic OH excluding ortho intramolecular Hbond substituents is 2. The number of allylic oxidation sites excluding steroid dienone is 2. The predicted octanol–water partition coefficient (Wildman–Crippen LogP) is 6.57. The molecule has 9 atom stereocenters. The first-order valence-corrected chi connectivity index (χ1v) is 21.2. The largest absolute Gasteiger partial charge is 0.507 e. The second kappa shape index (κ2) is 20.4. The van der Waals surface area contributed by atoms with Crippen LogP contribution in [0.2, 0.25) is 0 Å². The number of fused-ring (bicyclic) bond motifs is 14. The number of rotatable bonds is 9. The second-order valence-electron chi connectivity index (χ2n) is 17.8. The Labute approximate surface area is 364 Å². The van der Waals surface area contributed by atoms with E-state index in [1.54, 1.807) is 44.7 Å². The molecular weight excluding hydrogens is 801 g/mol. The molecule has 3 aliphatic heterocycles. The Balaban J connectivity index is 1.94. The van der Waals surface area contributed by atoms with Crippen molar-refractivity contribution < 1.29 is 63.3 Å². The van der Waals surface area contributed by atoms with Gasteiger partial charge in [-0.1, -0.05) is 73.6 Å². The van der Waals surface area contributed by atoms with Crippen molar-refractivity contribution in [2.75, 3.05) is 32.1 Å². The molecule has 342 valence electrons. The summed E-state index contributed by atoms with van der Waals surface area (Å²) < 4.78 is 30.0. The van der Waals surface area contributed by atoms with Crippen LogP contribution in [0.4, 0.5) is 5.69 Å². The van der Waals surface area contributed by atoms with Gasteiger partial charge in [0.25, 0.3) is 17.6 Å². The van der Waals surface area contributed by atoms with Crippen LogP contribution in [0.3, 0.4) is 0 Å². The number of ketones is 1. The van der Waals surface area contributed by atoms with Gasteiger partial charge >= 0.3 is 11.8 Å². The summed E-state index contributed by atoms with van der Waals surface area (Å²) in [4.78, 5) is 56.0. The maximum Gasteiger partial charge on any atom is 0.312 e. The minimum atomic E-state index is -2.03. The van der Waals surface area contributed by atoms with Gasteiger partial charge in [-0.2, -0.15) is 0 Å². The summed E-state index contributed by atoms with van der Waals surface area (Å²) in [5.41, 5.74) is 0.000788. The van der Waals surface area contributed by atoms with Gasteiger partial charge < -0.3 is 54.3 Å². The zero-order chi connectivity index (χ0) is 46.5. The summed E-state index contributed by atoms with van der Waals surface area (Å²) >= 11 is 0. The number of aliphatic hydroxyl groups excluding tert-OH is 2. The van der Waals surface area contributed by atoms with Crippen LogP contribution >= 0.6 is 0 Å². The summed E-state index contributed by atoms with van der Waals surface area (Å²) in [6, 6.07) is 1.29. The second-order valence-corrected chi connectivity index (χ2v) is 17.8. The molecule has 0 fully saturated rings. The number of hydrogen-bond donors (Lipinski definition) is 5. The average molecular weight is 867 g/mol. The van der Waals surface area contributed by atoms with Gasteiger partial charge in [0.1, 0.15) is 23.4 Å². The van der Waals surface area contributed by atoms with Crippen LogP contribution < -0.4 is 14.8 Å². The summed E-state index contributed by atoms with van der Waals surface area (Å²) in [6.45, 7) is 21.0. The SMILES string of the molecule is COC1/C=C/OC2(C)Oc3c(C)c(O)c4c(O)c(cc(OCC(=O)N(CC(C)C)CC(C)C)c4c3C2=O)NC(=O)C(C)=C/C=C/C(C)C(O)C(C)C(O)C(C)C(OC(C)=O)C1C. The molecule has 62 heavy (non-hydrogen) atoms. The molecule has 15 nitrogen and oxygen atoms in total. The van der Waals surface area contributed by atoms with Crippen LogP contribution in [0.25, 0.3) is 10.8 Å². The van der Waals surface area contributed by atoms with Crippen molar-refractivity contribution in [1.29, 1.82) is 0 Å². The Hall–Kier alpha value is -5.12. The fourth-order valence-electron chi connectivity index (χ4n) is 8.14. The summed E-state index contributed by atoms with van der Waals surface area (Å²) in [6.07, 6.45) is 3.62. The van der Waals surface area contributed by atoms with Gasteiger partial charge in [-0.3, -0.25) is 19.2 Å². The fourth-order valence-corrected chi connectivity index (χ4v) is 8.14. The third-order valence-electron chi connectivity index (χ3n) is 11.7. The number of phenols is 2. The molecule has 0 saturated carbocycles. The van der Waals surface area contributed by atoms with Gasteiger partial charge in [-0.15, -0.1) is 0 Å². The van der Waals surface area contributed by atoms with Crippen LogP contribution in [0.1, 0.15) is 92.1 Å². The molecule has 2 amide bonds. The van der Waals surface area contributed by atoms with Crippen molar-refractivity contribution in [2.45, 2.75) is 113 Å². The minimum Gasteiger partial charge on any atom is -0.507 e. The molecule has 0 aliphatic carbocycles. The molecule has 9 unspecified atom stereocenters. The number of aromatic hydroxyl groups is 2. The van der Waals surface area contributed by atoms with Gasteiger partial charge in [-0.25, -0.2) is 0 Å². The van der Waals surface area contributed by atoms with Crippen molar-refractivity contribution in [2.24, 2.45) is 35.5 Å². The van der Waals surface area contributed by atoms with Crippen LogP contribution in [-0.2, 0) is 28.6 Å². The Bertz CT molecular complexity index is 2080. The maximum absolute atomic E-state index is 14.6. The Morgan fingerprint density at radius 1 is 0.919 bits per heavy atom. The van der Waals surface area contributed by atoms with Gasteiger partial charge in [0.05, 0.1) is 41.2 Å². The monoisotopic (exact) mass is 866 g/mol. The van der Waals surface area contributed by atoms with E-state index in [0.717, 1.165) is 0 Å². The quantitative estimate of drug-likeness (QED) is 0.134. The van der Waals surface area contributed by atoms with E-state index in [1.807, 2.05) is 27.7 Å². The number of carbonyl (C=O) groups is 4.